The van der Waals surface area contributed by atoms with Crippen LogP contribution in [0.5, 0.6) is 0 Å². The minimum absolute atomic E-state index is 0.518. The maximum absolute atomic E-state index is 12.7. The first kappa shape index (κ1) is 17.7. The molecule has 4 nitrogen and oxygen atoms in total. The number of rotatable bonds is 3. The van der Waals surface area contributed by atoms with E-state index < -0.39 is 11.7 Å². The maximum Gasteiger partial charge on any atom is 0.416 e. The Kier molecular flexibility index (Phi) is 4.32. The summed E-state index contributed by atoms with van der Waals surface area (Å²) in [6.45, 7) is 1.84. The van der Waals surface area contributed by atoms with Crippen molar-refractivity contribution < 1.29 is 13.2 Å². The zero-order valence-electron chi connectivity index (χ0n) is 14.7. The molecule has 4 aromatic rings. The van der Waals surface area contributed by atoms with Gasteiger partial charge in [0.05, 0.1) is 27.9 Å². The van der Waals surface area contributed by atoms with Crippen LogP contribution in [0.3, 0.4) is 0 Å². The van der Waals surface area contributed by atoms with E-state index in [2.05, 4.69) is 32.4 Å². The van der Waals surface area contributed by atoms with Crippen LogP contribution in [-0.2, 0) is 6.18 Å². The second-order valence-corrected chi connectivity index (χ2v) is 6.17. The molecule has 0 spiro atoms. The van der Waals surface area contributed by atoms with Crippen LogP contribution in [0.25, 0.3) is 22.2 Å². The Bertz CT molecular complexity index is 1140. The molecule has 1 N–H and O–H groups in total. The molecular weight excluding hydrogens is 365 g/mol. The highest BCUT2D eigenvalue weighted by atomic mass is 19.4. The molecule has 0 amide bonds. The minimum atomic E-state index is -4.37. The average Bonchev–Trinajstić information content (AvgIpc) is 2.67. The number of alkyl halides is 3. The third kappa shape index (κ3) is 3.71. The van der Waals surface area contributed by atoms with Crippen molar-refractivity contribution in [1.29, 1.82) is 0 Å². The van der Waals surface area contributed by atoms with Crippen molar-refractivity contribution in [3.05, 3.63) is 78.2 Å². The van der Waals surface area contributed by atoms with Crippen molar-refractivity contribution in [2.45, 2.75) is 13.1 Å². The van der Waals surface area contributed by atoms with E-state index in [1.165, 1.54) is 18.5 Å². The number of halogens is 3. The highest BCUT2D eigenvalue weighted by Crippen LogP contribution is 2.31. The van der Waals surface area contributed by atoms with Crippen LogP contribution < -0.4 is 5.32 Å². The standard InChI is InChI=1S/C21H13F3N4/c1-13-2-3-15-6-9-17(10-19(15)27-13)28-20-11-18(25-12-26-20)14-4-7-16(8-5-14)21(22,23)24/h4-12H,1H3,(H,25,26,28). The van der Waals surface area contributed by atoms with E-state index in [0.717, 1.165) is 34.4 Å². The lowest BCUT2D eigenvalue weighted by Gasteiger charge is -2.09. The Hall–Kier alpha value is -3.66. The summed E-state index contributed by atoms with van der Waals surface area (Å²) in [5, 5.41) is 4.02. The fourth-order valence-corrected chi connectivity index (χ4v) is 2.74. The molecule has 7 heteroatoms. The number of aryl methyl sites for hydroxylation is 1. The molecule has 0 atom stereocenters. The van der Waals surface area contributed by atoms with Gasteiger partial charge in [-0.15, -0.1) is 0 Å². The summed E-state index contributed by atoms with van der Waals surface area (Å²) >= 11 is 0. The molecule has 2 aromatic carbocycles. The molecule has 0 aliphatic rings. The molecule has 0 fully saturated rings. The summed E-state index contributed by atoms with van der Waals surface area (Å²) in [5.41, 5.74) is 2.69. The predicted octanol–water partition coefficient (Wildman–Crippen LogP) is 5.36. The van der Waals surface area contributed by atoms with Crippen LogP contribution in [0.4, 0.5) is 24.7 Å². The van der Waals surface area contributed by atoms with E-state index in [1.54, 1.807) is 6.07 Å². The van der Waals surface area contributed by atoms with Gasteiger partial charge in [-0.2, -0.15) is 13.2 Å². The van der Waals surface area contributed by atoms with Crippen molar-refractivity contribution in [2.24, 2.45) is 0 Å². The van der Waals surface area contributed by atoms with Crippen LogP contribution in [0, 0.1) is 19.1 Å². The van der Waals surface area contributed by atoms with Gasteiger partial charge in [-0.1, -0.05) is 18.2 Å². The van der Waals surface area contributed by atoms with Gasteiger partial charge in [0.15, 0.2) is 0 Å². The first-order valence-corrected chi connectivity index (χ1v) is 8.36. The van der Waals surface area contributed by atoms with Crippen molar-refractivity contribution >= 4 is 22.4 Å². The zero-order valence-corrected chi connectivity index (χ0v) is 14.7. The SMILES string of the molecule is Cc1c#cc2ccc(Nc3cc(-c4ccc(C(F)(F)F)cc4)ncn3)cc2n1. The van der Waals surface area contributed by atoms with Crippen molar-refractivity contribution in [3.63, 3.8) is 0 Å². The minimum Gasteiger partial charge on any atom is -0.340 e. The van der Waals surface area contributed by atoms with Crippen LogP contribution in [0.2, 0.25) is 0 Å². The molecule has 138 valence electrons. The number of hydrogen-bond acceptors (Lipinski definition) is 4. The Morgan fingerprint density at radius 2 is 1.71 bits per heavy atom. The Morgan fingerprint density at radius 3 is 2.46 bits per heavy atom. The third-order valence-corrected chi connectivity index (χ3v) is 4.11. The fourth-order valence-electron chi connectivity index (χ4n) is 2.74. The highest BCUT2D eigenvalue weighted by molar-refractivity contribution is 5.82. The van der Waals surface area contributed by atoms with Crippen LogP contribution >= 0.6 is 0 Å². The van der Waals surface area contributed by atoms with Gasteiger partial charge in [0, 0.05) is 17.3 Å². The van der Waals surface area contributed by atoms with Crippen molar-refractivity contribution in [3.8, 4) is 11.3 Å². The smallest absolute Gasteiger partial charge is 0.340 e. The number of fused-ring (bicyclic) bond motifs is 1. The van der Waals surface area contributed by atoms with E-state index in [1.807, 2.05) is 25.1 Å². The van der Waals surface area contributed by atoms with Gasteiger partial charge in [-0.05, 0) is 43.3 Å². The largest absolute Gasteiger partial charge is 0.416 e. The summed E-state index contributed by atoms with van der Waals surface area (Å²) in [5.74, 6) is 0.521. The number of nitrogens with one attached hydrogen (secondary N) is 1. The lowest BCUT2D eigenvalue weighted by molar-refractivity contribution is -0.137. The number of benzene rings is 2. The Labute approximate surface area is 159 Å². The molecular formula is C21H13F3N4. The van der Waals surface area contributed by atoms with Crippen molar-refractivity contribution in [1.82, 2.24) is 15.0 Å². The predicted molar refractivity (Wildman–Crippen MR) is 99.9 cm³/mol. The molecule has 28 heavy (non-hydrogen) atoms. The zero-order chi connectivity index (χ0) is 19.7. The van der Waals surface area contributed by atoms with E-state index in [0.29, 0.717) is 17.1 Å². The topological polar surface area (TPSA) is 50.7 Å². The second kappa shape index (κ2) is 6.82. The molecule has 0 aliphatic carbocycles. The first-order chi connectivity index (χ1) is 13.4. The quantitative estimate of drug-likeness (QED) is 0.521. The summed E-state index contributed by atoms with van der Waals surface area (Å²) in [4.78, 5) is 12.7. The van der Waals surface area contributed by atoms with Gasteiger partial charge in [0.2, 0.25) is 0 Å². The average molecular weight is 378 g/mol. The maximum atomic E-state index is 12.7. The van der Waals surface area contributed by atoms with Crippen molar-refractivity contribution in [2.75, 3.05) is 5.32 Å². The summed E-state index contributed by atoms with van der Waals surface area (Å²) in [6.07, 6.45) is -3.00. The van der Waals surface area contributed by atoms with Gasteiger partial charge in [-0.25, -0.2) is 15.0 Å². The fraction of sp³-hybridized carbons (Fsp3) is 0.0952. The monoisotopic (exact) mass is 378 g/mol. The van der Waals surface area contributed by atoms with Gasteiger partial charge in [0.25, 0.3) is 0 Å². The van der Waals surface area contributed by atoms with Gasteiger partial charge >= 0.3 is 6.18 Å². The molecule has 0 saturated heterocycles. The van der Waals surface area contributed by atoms with E-state index in [-0.39, 0.29) is 0 Å². The molecule has 0 unspecified atom stereocenters. The molecule has 0 radical (unpaired) electrons. The first-order valence-electron chi connectivity index (χ1n) is 8.36. The van der Waals surface area contributed by atoms with E-state index in [9.17, 15) is 13.2 Å². The van der Waals surface area contributed by atoms with Gasteiger partial charge in [-0.3, -0.25) is 0 Å². The molecule has 0 aliphatic heterocycles. The molecule has 2 aromatic heterocycles. The Morgan fingerprint density at radius 1 is 0.929 bits per heavy atom. The van der Waals surface area contributed by atoms with Crippen LogP contribution in [-0.4, -0.2) is 15.0 Å². The molecule has 2 heterocycles. The lowest BCUT2D eigenvalue weighted by Crippen LogP contribution is -2.04. The molecule has 0 bridgehead atoms. The van der Waals surface area contributed by atoms with Gasteiger partial charge < -0.3 is 5.32 Å². The van der Waals surface area contributed by atoms with Crippen LogP contribution in [0.15, 0.2) is 54.9 Å². The number of aromatic nitrogens is 3. The van der Waals surface area contributed by atoms with E-state index >= 15 is 0 Å². The number of hydrogen-bond donors (Lipinski definition) is 1. The summed E-state index contributed by atoms with van der Waals surface area (Å²) in [7, 11) is 0. The second-order valence-electron chi connectivity index (χ2n) is 6.17. The third-order valence-electron chi connectivity index (χ3n) is 4.11. The molecule has 0 saturated carbocycles. The van der Waals surface area contributed by atoms with Gasteiger partial charge in [0.1, 0.15) is 12.1 Å². The van der Waals surface area contributed by atoms with E-state index in [4.69, 9.17) is 0 Å². The normalized spacial score (nSPS) is 11.3. The molecule has 4 rings (SSSR count). The summed E-state index contributed by atoms with van der Waals surface area (Å²) < 4.78 is 38.2. The number of nitrogens with zero attached hydrogens (tertiary/aromatic N) is 3. The highest BCUT2D eigenvalue weighted by Gasteiger charge is 2.30. The number of anilines is 2. The Balaban J connectivity index is 1.60. The lowest BCUT2D eigenvalue weighted by atomic mass is 10.1. The summed E-state index contributed by atoms with van der Waals surface area (Å²) in [6, 6.07) is 18.1. The van der Waals surface area contributed by atoms with Crippen LogP contribution in [0.1, 0.15) is 11.3 Å².